The van der Waals surface area contributed by atoms with Gasteiger partial charge in [0, 0.05) is 23.2 Å². The van der Waals surface area contributed by atoms with Crippen LogP contribution in [0.15, 0.2) is 46.5 Å². The van der Waals surface area contributed by atoms with E-state index in [0.717, 1.165) is 11.6 Å². The molecule has 1 heterocycles. The summed E-state index contributed by atoms with van der Waals surface area (Å²) in [4.78, 5) is 5.85. The van der Waals surface area contributed by atoms with Crippen LogP contribution in [0.3, 0.4) is 0 Å². The van der Waals surface area contributed by atoms with E-state index >= 15 is 0 Å². The molecule has 0 fully saturated rings. The molecule has 0 amide bonds. The van der Waals surface area contributed by atoms with Gasteiger partial charge >= 0.3 is 0 Å². The topological polar surface area (TPSA) is 24.9 Å². The number of aryl methyl sites for hydroxylation is 2. The van der Waals surface area contributed by atoms with Crippen LogP contribution in [0.1, 0.15) is 37.5 Å². The molecule has 0 aliphatic heterocycles. The summed E-state index contributed by atoms with van der Waals surface area (Å²) in [5.74, 6) is 0. The zero-order valence-corrected chi connectivity index (χ0v) is 14.3. The van der Waals surface area contributed by atoms with Crippen molar-refractivity contribution in [2.45, 2.75) is 56.6 Å². The fourth-order valence-corrected chi connectivity index (χ4v) is 2.81. The zero-order chi connectivity index (χ0) is 15.5. The minimum atomic E-state index is 0.131. The Balaban J connectivity index is 2.04. The number of benzene rings is 1. The van der Waals surface area contributed by atoms with Crippen molar-refractivity contribution >= 4 is 11.8 Å². The Bertz CT molecular complexity index is 598. The summed E-state index contributed by atoms with van der Waals surface area (Å²) in [5.41, 5.74) is 3.93. The lowest BCUT2D eigenvalue weighted by molar-refractivity contribution is 0.424. The fraction of sp³-hybridized carbons (Fsp3) is 0.389. The minimum absolute atomic E-state index is 0.131. The molecular weight excluding hydrogens is 276 g/mol. The summed E-state index contributed by atoms with van der Waals surface area (Å²) in [5, 5.41) is 4.52. The highest BCUT2D eigenvalue weighted by molar-refractivity contribution is 7.99. The molecular formula is C18H24N2S. The van der Waals surface area contributed by atoms with Crippen LogP contribution in [-0.2, 0) is 6.54 Å². The van der Waals surface area contributed by atoms with Crippen molar-refractivity contribution in [1.29, 1.82) is 0 Å². The van der Waals surface area contributed by atoms with Gasteiger partial charge < -0.3 is 5.32 Å². The zero-order valence-electron chi connectivity index (χ0n) is 13.5. The number of aromatic nitrogens is 1. The van der Waals surface area contributed by atoms with Crippen molar-refractivity contribution in [2.75, 3.05) is 0 Å². The SMILES string of the molecule is Cc1ccc(C)c(Sc2ccc(CNC(C)(C)C)cn2)c1. The highest BCUT2D eigenvalue weighted by Crippen LogP contribution is 2.29. The van der Waals surface area contributed by atoms with Crippen LogP contribution >= 0.6 is 11.8 Å². The van der Waals surface area contributed by atoms with E-state index in [-0.39, 0.29) is 5.54 Å². The summed E-state index contributed by atoms with van der Waals surface area (Å²) >= 11 is 1.73. The van der Waals surface area contributed by atoms with Gasteiger partial charge in [-0.2, -0.15) is 0 Å². The molecule has 1 aromatic heterocycles. The lowest BCUT2D eigenvalue weighted by Crippen LogP contribution is -2.35. The predicted molar refractivity (Wildman–Crippen MR) is 90.9 cm³/mol. The van der Waals surface area contributed by atoms with Gasteiger partial charge in [-0.15, -0.1) is 0 Å². The highest BCUT2D eigenvalue weighted by Gasteiger charge is 2.08. The van der Waals surface area contributed by atoms with E-state index in [0.29, 0.717) is 0 Å². The first-order valence-electron chi connectivity index (χ1n) is 7.28. The third-order valence-electron chi connectivity index (χ3n) is 3.18. The predicted octanol–water partition coefficient (Wildman–Crippen LogP) is 4.74. The minimum Gasteiger partial charge on any atom is -0.308 e. The lowest BCUT2D eigenvalue weighted by atomic mass is 10.1. The van der Waals surface area contributed by atoms with Crippen LogP contribution in [-0.4, -0.2) is 10.5 Å². The summed E-state index contributed by atoms with van der Waals surface area (Å²) in [6.45, 7) is 11.6. The molecule has 0 aliphatic carbocycles. The Hall–Kier alpha value is -1.32. The molecule has 3 heteroatoms. The summed E-state index contributed by atoms with van der Waals surface area (Å²) in [7, 11) is 0. The van der Waals surface area contributed by atoms with E-state index in [2.05, 4.69) is 75.3 Å². The first-order valence-corrected chi connectivity index (χ1v) is 8.10. The first-order chi connectivity index (χ1) is 9.83. The molecule has 0 bridgehead atoms. The maximum absolute atomic E-state index is 4.57. The maximum Gasteiger partial charge on any atom is 0.101 e. The van der Waals surface area contributed by atoms with E-state index < -0.39 is 0 Å². The van der Waals surface area contributed by atoms with Gasteiger partial charge in [-0.25, -0.2) is 4.98 Å². The van der Waals surface area contributed by atoms with Crippen LogP contribution in [0.2, 0.25) is 0 Å². The van der Waals surface area contributed by atoms with E-state index in [1.165, 1.54) is 21.6 Å². The molecule has 0 saturated heterocycles. The number of nitrogens with zero attached hydrogens (tertiary/aromatic N) is 1. The van der Waals surface area contributed by atoms with E-state index in [1.807, 2.05) is 6.20 Å². The summed E-state index contributed by atoms with van der Waals surface area (Å²) < 4.78 is 0. The quantitative estimate of drug-likeness (QED) is 0.883. The molecule has 112 valence electrons. The second-order valence-corrected chi connectivity index (χ2v) is 7.54. The Morgan fingerprint density at radius 2 is 1.86 bits per heavy atom. The van der Waals surface area contributed by atoms with Crippen molar-refractivity contribution < 1.29 is 0 Å². The number of hydrogen-bond donors (Lipinski definition) is 1. The molecule has 0 spiro atoms. The average Bonchev–Trinajstić information content (AvgIpc) is 2.41. The average molecular weight is 300 g/mol. The maximum atomic E-state index is 4.57. The number of nitrogens with one attached hydrogen (secondary N) is 1. The number of pyridine rings is 1. The molecule has 21 heavy (non-hydrogen) atoms. The van der Waals surface area contributed by atoms with Crippen LogP contribution in [0, 0.1) is 13.8 Å². The number of rotatable bonds is 4. The van der Waals surface area contributed by atoms with Crippen molar-refractivity contribution in [3.05, 3.63) is 53.2 Å². The van der Waals surface area contributed by atoms with Crippen molar-refractivity contribution in [3.8, 4) is 0 Å². The molecule has 1 aromatic carbocycles. The largest absolute Gasteiger partial charge is 0.308 e. The third-order valence-corrected chi connectivity index (χ3v) is 4.29. The van der Waals surface area contributed by atoms with E-state index in [1.54, 1.807) is 11.8 Å². The lowest BCUT2D eigenvalue weighted by Gasteiger charge is -2.20. The van der Waals surface area contributed by atoms with Gasteiger partial charge in [-0.05, 0) is 63.4 Å². The molecule has 2 nitrogen and oxygen atoms in total. The van der Waals surface area contributed by atoms with Crippen LogP contribution < -0.4 is 5.32 Å². The van der Waals surface area contributed by atoms with Crippen LogP contribution in [0.4, 0.5) is 0 Å². The Labute approximate surface area is 132 Å². The smallest absolute Gasteiger partial charge is 0.101 e. The van der Waals surface area contributed by atoms with Gasteiger partial charge in [0.05, 0.1) is 0 Å². The second-order valence-electron chi connectivity index (χ2n) is 6.48. The van der Waals surface area contributed by atoms with Gasteiger partial charge in [0.2, 0.25) is 0 Å². The normalized spacial score (nSPS) is 11.7. The van der Waals surface area contributed by atoms with E-state index in [9.17, 15) is 0 Å². The van der Waals surface area contributed by atoms with E-state index in [4.69, 9.17) is 0 Å². The van der Waals surface area contributed by atoms with Crippen LogP contribution in [0.5, 0.6) is 0 Å². The van der Waals surface area contributed by atoms with Crippen molar-refractivity contribution in [2.24, 2.45) is 0 Å². The Morgan fingerprint density at radius 3 is 2.48 bits per heavy atom. The first kappa shape index (κ1) is 16.1. The molecule has 0 aliphatic rings. The van der Waals surface area contributed by atoms with Gasteiger partial charge in [0.25, 0.3) is 0 Å². The summed E-state index contributed by atoms with van der Waals surface area (Å²) in [6.07, 6.45) is 1.96. The molecule has 2 aromatic rings. The Kier molecular flexibility index (Phi) is 5.07. The second kappa shape index (κ2) is 6.63. The molecule has 0 unspecified atom stereocenters. The van der Waals surface area contributed by atoms with Gasteiger partial charge in [-0.3, -0.25) is 0 Å². The molecule has 1 N–H and O–H groups in total. The number of hydrogen-bond acceptors (Lipinski definition) is 3. The van der Waals surface area contributed by atoms with Crippen molar-refractivity contribution in [1.82, 2.24) is 10.3 Å². The molecule has 0 atom stereocenters. The summed E-state index contributed by atoms with van der Waals surface area (Å²) in [6, 6.07) is 10.8. The highest BCUT2D eigenvalue weighted by atomic mass is 32.2. The molecule has 2 rings (SSSR count). The molecule has 0 saturated carbocycles. The third kappa shape index (κ3) is 5.18. The van der Waals surface area contributed by atoms with Gasteiger partial charge in [-0.1, -0.05) is 30.0 Å². The standard InChI is InChI=1S/C18H24N2S/c1-13-6-7-14(2)16(10-13)21-17-9-8-15(11-19-17)12-20-18(3,4)5/h6-11,20H,12H2,1-5H3. The van der Waals surface area contributed by atoms with Crippen LogP contribution in [0.25, 0.3) is 0 Å². The van der Waals surface area contributed by atoms with Crippen molar-refractivity contribution in [3.63, 3.8) is 0 Å². The fourth-order valence-electron chi connectivity index (χ4n) is 1.87. The monoisotopic (exact) mass is 300 g/mol. The Morgan fingerprint density at radius 1 is 1.10 bits per heavy atom. The molecule has 0 radical (unpaired) electrons. The van der Waals surface area contributed by atoms with Gasteiger partial charge in [0.15, 0.2) is 0 Å². The van der Waals surface area contributed by atoms with Gasteiger partial charge in [0.1, 0.15) is 5.03 Å².